The van der Waals surface area contributed by atoms with Gasteiger partial charge in [0.1, 0.15) is 0 Å². The first kappa shape index (κ1) is 25.6. The second-order valence-corrected chi connectivity index (χ2v) is 10.1. The van der Waals surface area contributed by atoms with Crippen molar-refractivity contribution in [3.05, 3.63) is 71.3 Å². The largest absolute Gasteiger partial charge is 0.351 e. The lowest BCUT2D eigenvalue weighted by Crippen LogP contribution is -2.26. The van der Waals surface area contributed by atoms with E-state index >= 15 is 0 Å². The van der Waals surface area contributed by atoms with Gasteiger partial charge in [0.15, 0.2) is 0 Å². The van der Waals surface area contributed by atoms with E-state index in [1.54, 1.807) is 35.6 Å². The molecule has 1 aliphatic heterocycles. The van der Waals surface area contributed by atoms with E-state index in [0.29, 0.717) is 24.7 Å². The van der Waals surface area contributed by atoms with E-state index in [4.69, 9.17) is 4.84 Å². The van der Waals surface area contributed by atoms with Crippen LogP contribution < -0.4 is 10.2 Å². The first-order chi connectivity index (χ1) is 18.5. The van der Waals surface area contributed by atoms with Crippen molar-refractivity contribution >= 4 is 23.9 Å². The topological polar surface area (TPSA) is 115 Å². The molecule has 1 fully saturated rings. The van der Waals surface area contributed by atoms with Crippen molar-refractivity contribution in [1.82, 2.24) is 30.0 Å². The van der Waals surface area contributed by atoms with Crippen molar-refractivity contribution < 1.29 is 14.4 Å². The zero-order valence-corrected chi connectivity index (χ0v) is 21.8. The summed E-state index contributed by atoms with van der Waals surface area (Å²) in [5, 5.41) is 11.5. The first-order valence-electron chi connectivity index (χ1n) is 13.2. The second-order valence-electron chi connectivity index (χ2n) is 10.1. The predicted molar refractivity (Wildman–Crippen MR) is 142 cm³/mol. The van der Waals surface area contributed by atoms with Crippen LogP contribution in [0.25, 0.3) is 6.08 Å². The van der Waals surface area contributed by atoms with E-state index in [-0.39, 0.29) is 29.8 Å². The van der Waals surface area contributed by atoms with E-state index in [1.165, 1.54) is 11.1 Å². The molecule has 0 saturated carbocycles. The fourth-order valence-corrected chi connectivity index (χ4v) is 5.04. The lowest BCUT2D eigenvalue weighted by molar-refractivity contribution is -0.150. The number of carbonyl (C=O) groups is 2. The summed E-state index contributed by atoms with van der Waals surface area (Å²) in [5.41, 5.74) is 4.22. The normalized spacial score (nSPS) is 18.1. The molecule has 2 atom stereocenters. The smallest absolute Gasteiger partial charge is 0.337 e. The minimum Gasteiger partial charge on any atom is -0.351 e. The Bertz CT molecular complexity index is 1280. The van der Waals surface area contributed by atoms with Gasteiger partial charge in [0.25, 0.3) is 0 Å². The Morgan fingerprint density at radius 1 is 1.18 bits per heavy atom. The summed E-state index contributed by atoms with van der Waals surface area (Å²) < 4.78 is 0. The SMILES string of the molecule is CCCC(C)C(=O)On1cc(C2CCN(C(=O)/C=C/c3cnc(NC4Cc5ccccc5C4)nc3)C2)nn1. The van der Waals surface area contributed by atoms with Crippen molar-refractivity contribution in [2.75, 3.05) is 18.4 Å². The summed E-state index contributed by atoms with van der Waals surface area (Å²) in [6, 6.07) is 8.77. The quantitative estimate of drug-likeness (QED) is 0.342. The average Bonchev–Trinajstić information content (AvgIpc) is 3.67. The van der Waals surface area contributed by atoms with Gasteiger partial charge in [0.05, 0.1) is 17.8 Å². The number of hydrogen-bond donors (Lipinski definition) is 1. The predicted octanol–water partition coefficient (Wildman–Crippen LogP) is 3.07. The number of likely N-dealkylation sites (tertiary alicyclic amines) is 1. The Hall–Kier alpha value is -4.08. The van der Waals surface area contributed by atoms with E-state index in [9.17, 15) is 9.59 Å². The number of carbonyl (C=O) groups excluding carboxylic acids is 2. The fourth-order valence-electron chi connectivity index (χ4n) is 5.04. The molecule has 2 aromatic heterocycles. The fraction of sp³-hybridized carbons (Fsp3) is 0.429. The van der Waals surface area contributed by atoms with Gasteiger partial charge in [-0.15, -0.1) is 5.10 Å². The second kappa shape index (κ2) is 11.5. The third-order valence-corrected chi connectivity index (χ3v) is 7.19. The molecule has 2 unspecified atom stereocenters. The summed E-state index contributed by atoms with van der Waals surface area (Å²) >= 11 is 0. The van der Waals surface area contributed by atoms with Crippen molar-refractivity contribution in [1.29, 1.82) is 0 Å². The highest BCUT2D eigenvalue weighted by Gasteiger charge is 2.29. The monoisotopic (exact) mass is 515 g/mol. The molecule has 198 valence electrons. The zero-order valence-electron chi connectivity index (χ0n) is 21.8. The number of nitrogens with zero attached hydrogens (tertiary/aromatic N) is 6. The van der Waals surface area contributed by atoms with Crippen LogP contribution in [-0.2, 0) is 22.4 Å². The van der Waals surface area contributed by atoms with Crippen molar-refractivity contribution in [2.24, 2.45) is 5.92 Å². The van der Waals surface area contributed by atoms with E-state index < -0.39 is 0 Å². The number of aromatic nitrogens is 5. The standard InChI is InChI=1S/C28H33N7O3/c1-3-6-19(2)27(37)38-35-18-25(32-33-35)23-11-12-34(17-23)26(36)10-9-20-15-29-28(30-16-20)31-24-13-21-7-4-5-8-22(21)14-24/h4-5,7-10,15-16,18-19,23-24H,3,6,11-14,17H2,1-2H3,(H,29,30,31)/b10-9+. The van der Waals surface area contributed by atoms with Crippen LogP contribution >= 0.6 is 0 Å². The van der Waals surface area contributed by atoms with Gasteiger partial charge in [-0.3, -0.25) is 4.79 Å². The van der Waals surface area contributed by atoms with Crippen LogP contribution in [0.15, 0.2) is 48.9 Å². The molecule has 3 heterocycles. The van der Waals surface area contributed by atoms with Crippen LogP contribution in [0.4, 0.5) is 5.95 Å². The van der Waals surface area contributed by atoms with Gasteiger partial charge >= 0.3 is 5.97 Å². The Labute approximate surface area is 222 Å². The Morgan fingerprint density at radius 3 is 2.63 bits per heavy atom. The summed E-state index contributed by atoms with van der Waals surface area (Å²) in [6.07, 6.45) is 12.7. The number of benzene rings is 1. The van der Waals surface area contributed by atoms with Crippen LogP contribution in [0, 0.1) is 5.92 Å². The molecular formula is C28H33N7O3. The molecule has 38 heavy (non-hydrogen) atoms. The molecule has 0 radical (unpaired) electrons. The molecule has 2 aliphatic rings. The molecule has 5 rings (SSSR count). The molecule has 10 heteroatoms. The molecule has 1 aromatic carbocycles. The molecule has 1 N–H and O–H groups in total. The first-order valence-corrected chi connectivity index (χ1v) is 13.2. The number of nitrogens with one attached hydrogen (secondary N) is 1. The van der Waals surface area contributed by atoms with Crippen LogP contribution in [-0.4, -0.2) is 61.0 Å². The maximum Gasteiger partial charge on any atom is 0.337 e. The maximum atomic E-state index is 12.8. The van der Waals surface area contributed by atoms with Crippen LogP contribution in [0.3, 0.4) is 0 Å². The molecule has 1 amide bonds. The highest BCUT2D eigenvalue weighted by atomic mass is 16.7. The van der Waals surface area contributed by atoms with E-state index in [0.717, 1.165) is 42.5 Å². The highest BCUT2D eigenvalue weighted by molar-refractivity contribution is 5.92. The molecule has 10 nitrogen and oxygen atoms in total. The summed E-state index contributed by atoms with van der Waals surface area (Å²) in [7, 11) is 0. The van der Waals surface area contributed by atoms with Crippen molar-refractivity contribution in [3.8, 4) is 0 Å². The van der Waals surface area contributed by atoms with Gasteiger partial charge < -0.3 is 15.1 Å². The van der Waals surface area contributed by atoms with Crippen LogP contribution in [0.1, 0.15) is 61.4 Å². The zero-order chi connectivity index (χ0) is 26.5. The van der Waals surface area contributed by atoms with Gasteiger partial charge in [-0.05, 0) is 48.1 Å². The highest BCUT2D eigenvalue weighted by Crippen LogP contribution is 2.26. The van der Waals surface area contributed by atoms with Gasteiger partial charge in [-0.25, -0.2) is 14.8 Å². The summed E-state index contributed by atoms with van der Waals surface area (Å²) in [5.74, 6) is 0.0387. The minimum absolute atomic E-state index is 0.0447. The molecule has 1 aliphatic carbocycles. The number of rotatable bonds is 9. The molecular weight excluding hydrogens is 482 g/mol. The van der Waals surface area contributed by atoms with Crippen molar-refractivity contribution in [3.63, 3.8) is 0 Å². The Morgan fingerprint density at radius 2 is 1.92 bits per heavy atom. The molecule has 0 spiro atoms. The van der Waals surface area contributed by atoms with Gasteiger partial charge in [-0.2, -0.15) is 0 Å². The number of fused-ring (bicyclic) bond motifs is 1. The molecule has 0 bridgehead atoms. The molecule has 3 aromatic rings. The third-order valence-electron chi connectivity index (χ3n) is 7.19. The maximum absolute atomic E-state index is 12.8. The van der Waals surface area contributed by atoms with E-state index in [2.05, 4.69) is 49.9 Å². The van der Waals surface area contributed by atoms with Gasteiger partial charge in [-0.1, -0.05) is 49.4 Å². The van der Waals surface area contributed by atoms with Crippen LogP contribution in [0.5, 0.6) is 0 Å². The Balaban J connectivity index is 1.10. The number of hydrogen-bond acceptors (Lipinski definition) is 8. The number of anilines is 1. The van der Waals surface area contributed by atoms with Gasteiger partial charge in [0.2, 0.25) is 11.9 Å². The summed E-state index contributed by atoms with van der Waals surface area (Å²) in [6.45, 7) is 5.02. The van der Waals surface area contributed by atoms with E-state index in [1.807, 2.05) is 13.8 Å². The lowest BCUT2D eigenvalue weighted by Gasteiger charge is -2.13. The molecule has 1 saturated heterocycles. The Kier molecular flexibility index (Phi) is 7.76. The van der Waals surface area contributed by atoms with Crippen molar-refractivity contribution in [2.45, 2.75) is 57.9 Å². The third kappa shape index (κ3) is 6.07. The van der Waals surface area contributed by atoms with Gasteiger partial charge in [0, 0.05) is 49.1 Å². The number of amides is 1. The minimum atomic E-state index is -0.325. The lowest BCUT2D eigenvalue weighted by atomic mass is 10.1. The summed E-state index contributed by atoms with van der Waals surface area (Å²) in [4.78, 5) is 41.9. The average molecular weight is 516 g/mol. The van der Waals surface area contributed by atoms with Crippen LogP contribution in [0.2, 0.25) is 0 Å².